The zero-order chi connectivity index (χ0) is 15.0. The van der Waals surface area contributed by atoms with E-state index in [2.05, 4.69) is 54.9 Å². The van der Waals surface area contributed by atoms with Gasteiger partial charge in [0.25, 0.3) is 0 Å². The zero-order valence-corrected chi connectivity index (χ0v) is 14.8. The summed E-state index contributed by atoms with van der Waals surface area (Å²) in [5.74, 6) is 2.90. The predicted molar refractivity (Wildman–Crippen MR) is 89.4 cm³/mol. The third kappa shape index (κ3) is 3.08. The van der Waals surface area contributed by atoms with Gasteiger partial charge >= 0.3 is 0 Å². The first-order valence-electron chi connectivity index (χ1n) is 8.01. The minimum absolute atomic E-state index is 0.393. The van der Waals surface area contributed by atoms with Gasteiger partial charge in [-0.25, -0.2) is 0 Å². The van der Waals surface area contributed by atoms with Crippen LogP contribution >= 0.6 is 15.9 Å². The Balaban J connectivity index is 1.83. The van der Waals surface area contributed by atoms with E-state index in [0.717, 1.165) is 24.7 Å². The molecule has 3 heteroatoms. The summed E-state index contributed by atoms with van der Waals surface area (Å²) < 4.78 is 11.7. The maximum Gasteiger partial charge on any atom is 0.161 e. The molecule has 116 valence electrons. The van der Waals surface area contributed by atoms with Gasteiger partial charge in [0.1, 0.15) is 0 Å². The van der Waals surface area contributed by atoms with Crippen LogP contribution in [0.25, 0.3) is 0 Å². The topological polar surface area (TPSA) is 18.5 Å². The molecule has 1 aromatic rings. The second-order valence-electron chi connectivity index (χ2n) is 7.32. The molecular weight excluding hydrogens is 328 g/mol. The number of halogens is 1. The summed E-state index contributed by atoms with van der Waals surface area (Å²) >= 11 is 3.95. The van der Waals surface area contributed by atoms with Crippen LogP contribution in [0.15, 0.2) is 18.2 Å². The van der Waals surface area contributed by atoms with Crippen molar-refractivity contribution in [1.29, 1.82) is 0 Å². The highest BCUT2D eigenvalue weighted by atomic mass is 79.9. The molecule has 3 atom stereocenters. The highest BCUT2D eigenvalue weighted by molar-refractivity contribution is 9.09. The third-order valence-corrected chi connectivity index (χ3v) is 6.19. The molecule has 1 fully saturated rings. The average molecular weight is 353 g/mol. The Morgan fingerprint density at radius 3 is 2.57 bits per heavy atom. The molecule has 0 radical (unpaired) electrons. The van der Waals surface area contributed by atoms with Gasteiger partial charge in [-0.15, -0.1) is 0 Å². The summed E-state index contributed by atoms with van der Waals surface area (Å²) in [7, 11) is 0. The highest BCUT2D eigenvalue weighted by Gasteiger charge is 2.39. The van der Waals surface area contributed by atoms with Crippen molar-refractivity contribution >= 4 is 15.9 Å². The van der Waals surface area contributed by atoms with Gasteiger partial charge in [-0.3, -0.25) is 0 Å². The number of rotatable bonds is 2. The lowest BCUT2D eigenvalue weighted by Gasteiger charge is -2.31. The van der Waals surface area contributed by atoms with Crippen LogP contribution in [0, 0.1) is 17.3 Å². The molecule has 3 rings (SSSR count). The van der Waals surface area contributed by atoms with Gasteiger partial charge < -0.3 is 9.47 Å². The van der Waals surface area contributed by atoms with Gasteiger partial charge in [0.15, 0.2) is 11.5 Å². The van der Waals surface area contributed by atoms with Crippen molar-refractivity contribution in [2.75, 3.05) is 13.2 Å². The molecule has 2 aliphatic rings. The molecule has 2 nitrogen and oxygen atoms in total. The lowest BCUT2D eigenvalue weighted by atomic mass is 9.78. The second-order valence-corrected chi connectivity index (χ2v) is 8.31. The van der Waals surface area contributed by atoms with Gasteiger partial charge in [0.05, 0.1) is 13.2 Å². The minimum Gasteiger partial charge on any atom is -0.489 e. The molecule has 0 aromatic heterocycles. The van der Waals surface area contributed by atoms with Crippen LogP contribution in [-0.2, 0) is 0 Å². The molecule has 0 amide bonds. The fraction of sp³-hybridized carbons (Fsp3) is 0.667. The van der Waals surface area contributed by atoms with Crippen molar-refractivity contribution in [2.45, 2.75) is 44.9 Å². The number of benzene rings is 1. The lowest BCUT2D eigenvalue weighted by Crippen LogP contribution is -2.21. The number of ether oxygens (including phenoxy) is 2. The SMILES string of the molecule is CC1COc2ccc(C(Br)C3CCCC3(C)C)cc2OC1. The second kappa shape index (κ2) is 5.83. The molecule has 1 aromatic carbocycles. The molecule has 1 aliphatic heterocycles. The third-order valence-electron chi connectivity index (χ3n) is 5.03. The Kier molecular flexibility index (Phi) is 4.22. The normalized spacial score (nSPS) is 29.0. The Labute approximate surface area is 136 Å². The van der Waals surface area contributed by atoms with Gasteiger partial charge in [0, 0.05) is 10.7 Å². The fourth-order valence-electron chi connectivity index (χ4n) is 3.57. The Bertz CT molecular complexity index is 512. The first kappa shape index (κ1) is 15.2. The van der Waals surface area contributed by atoms with Crippen LogP contribution in [0.5, 0.6) is 11.5 Å². The maximum atomic E-state index is 5.92. The van der Waals surface area contributed by atoms with Crippen LogP contribution < -0.4 is 9.47 Å². The van der Waals surface area contributed by atoms with Crippen molar-refractivity contribution in [3.63, 3.8) is 0 Å². The monoisotopic (exact) mass is 352 g/mol. The Morgan fingerprint density at radius 2 is 1.90 bits per heavy atom. The van der Waals surface area contributed by atoms with Crippen LogP contribution in [0.1, 0.15) is 50.4 Å². The zero-order valence-electron chi connectivity index (χ0n) is 13.2. The van der Waals surface area contributed by atoms with E-state index in [1.165, 1.54) is 24.8 Å². The fourth-order valence-corrected chi connectivity index (χ4v) is 4.83. The quantitative estimate of drug-likeness (QED) is 0.667. The van der Waals surface area contributed by atoms with E-state index in [1.54, 1.807) is 0 Å². The van der Waals surface area contributed by atoms with E-state index in [-0.39, 0.29) is 0 Å². The van der Waals surface area contributed by atoms with Crippen molar-refractivity contribution in [2.24, 2.45) is 17.3 Å². The molecule has 1 saturated carbocycles. The van der Waals surface area contributed by atoms with E-state index in [0.29, 0.717) is 22.1 Å². The average Bonchev–Trinajstić information content (AvgIpc) is 2.70. The molecule has 0 spiro atoms. The van der Waals surface area contributed by atoms with Crippen molar-refractivity contribution in [1.82, 2.24) is 0 Å². The molecular formula is C18H25BrO2. The van der Waals surface area contributed by atoms with Crippen molar-refractivity contribution < 1.29 is 9.47 Å². The van der Waals surface area contributed by atoms with Crippen molar-refractivity contribution in [3.05, 3.63) is 23.8 Å². The Morgan fingerprint density at radius 1 is 1.19 bits per heavy atom. The summed E-state index contributed by atoms with van der Waals surface area (Å²) in [6.45, 7) is 8.41. The molecule has 0 N–H and O–H groups in total. The molecule has 1 heterocycles. The summed E-state index contributed by atoms with van der Waals surface area (Å²) in [6, 6.07) is 6.42. The minimum atomic E-state index is 0.393. The van der Waals surface area contributed by atoms with Gasteiger partial charge in [-0.1, -0.05) is 49.2 Å². The van der Waals surface area contributed by atoms with Crippen molar-refractivity contribution in [3.8, 4) is 11.5 Å². The van der Waals surface area contributed by atoms with Gasteiger partial charge in [-0.05, 0) is 41.9 Å². The first-order valence-corrected chi connectivity index (χ1v) is 8.92. The molecule has 0 saturated heterocycles. The molecule has 1 aliphatic carbocycles. The summed E-state index contributed by atoms with van der Waals surface area (Å²) in [5, 5.41) is 0. The molecule has 0 bridgehead atoms. The van der Waals surface area contributed by atoms with Crippen LogP contribution in [0.2, 0.25) is 0 Å². The first-order chi connectivity index (χ1) is 9.97. The van der Waals surface area contributed by atoms with E-state index in [9.17, 15) is 0 Å². The predicted octanol–water partition coefficient (Wildman–Crippen LogP) is 5.36. The van der Waals surface area contributed by atoms with Crippen LogP contribution in [-0.4, -0.2) is 13.2 Å². The maximum absolute atomic E-state index is 5.92. The van der Waals surface area contributed by atoms with Gasteiger partial charge in [-0.2, -0.15) is 0 Å². The standard InChI is InChI=1S/C18H25BrO2/c1-12-10-20-15-7-6-13(9-16(15)21-11-12)17(19)14-5-4-8-18(14,2)3/h6-7,9,12,14,17H,4-5,8,10-11H2,1-3H3. The van der Waals surface area contributed by atoms with E-state index >= 15 is 0 Å². The summed E-state index contributed by atoms with van der Waals surface area (Å²) in [5.41, 5.74) is 1.72. The molecule has 3 unspecified atom stereocenters. The smallest absolute Gasteiger partial charge is 0.161 e. The van der Waals surface area contributed by atoms with E-state index in [4.69, 9.17) is 9.47 Å². The van der Waals surface area contributed by atoms with Gasteiger partial charge in [0.2, 0.25) is 0 Å². The number of hydrogen-bond donors (Lipinski definition) is 0. The van der Waals surface area contributed by atoms with Crippen LogP contribution in [0.4, 0.5) is 0 Å². The van der Waals surface area contributed by atoms with E-state index < -0.39 is 0 Å². The summed E-state index contributed by atoms with van der Waals surface area (Å²) in [6.07, 6.45) is 3.96. The van der Waals surface area contributed by atoms with Crippen LogP contribution in [0.3, 0.4) is 0 Å². The molecule has 21 heavy (non-hydrogen) atoms. The summed E-state index contributed by atoms with van der Waals surface area (Å²) in [4.78, 5) is 0.393. The number of hydrogen-bond acceptors (Lipinski definition) is 2. The highest BCUT2D eigenvalue weighted by Crippen LogP contribution is 2.52. The largest absolute Gasteiger partial charge is 0.489 e. The number of fused-ring (bicyclic) bond motifs is 1. The Hall–Kier alpha value is -0.700. The van der Waals surface area contributed by atoms with E-state index in [1.807, 2.05) is 0 Å². The lowest BCUT2D eigenvalue weighted by molar-refractivity contribution is 0.228. The number of alkyl halides is 1.